The topological polar surface area (TPSA) is 55.4 Å². The fraction of sp³-hybridized carbons (Fsp3) is 0.500. The Bertz CT molecular complexity index is 3100. The third kappa shape index (κ3) is 10.9. The van der Waals surface area contributed by atoms with Gasteiger partial charge in [-0.15, -0.1) is 0 Å². The lowest BCUT2D eigenvalue weighted by molar-refractivity contribution is 0.292. The minimum absolute atomic E-state index is 0.404. The molecule has 0 unspecified atom stereocenters. The van der Waals surface area contributed by atoms with Crippen LogP contribution in [0.15, 0.2) is 72.8 Å². The monoisotopic (exact) mass is 1240 g/mol. The van der Waals surface area contributed by atoms with Gasteiger partial charge in [-0.05, 0) is 113 Å². The summed E-state index contributed by atoms with van der Waals surface area (Å²) < 4.78 is 43.6. The Hall–Kier alpha value is -3.93. The average molecular weight is 1240 g/mol. The Morgan fingerprint density at radius 3 is 0.607 bits per heavy atom. The van der Waals surface area contributed by atoms with Crippen molar-refractivity contribution < 1.29 is 28.4 Å². The van der Waals surface area contributed by atoms with Crippen molar-refractivity contribution in [2.75, 3.05) is 39.6 Å². The molecular weight excluding hydrogens is 1150 g/mol. The van der Waals surface area contributed by atoms with Crippen LogP contribution in [0.5, 0.6) is 34.5 Å². The van der Waals surface area contributed by atoms with E-state index in [1.165, 1.54) is 113 Å². The van der Waals surface area contributed by atoms with Crippen molar-refractivity contribution in [2.24, 2.45) is 0 Å². The fourth-order valence-electron chi connectivity index (χ4n) is 14.0. The van der Waals surface area contributed by atoms with Crippen LogP contribution in [0.1, 0.15) is 195 Å². The van der Waals surface area contributed by atoms with Gasteiger partial charge in [0.2, 0.25) is 0 Å². The third-order valence-corrected chi connectivity index (χ3v) is 32.4. The van der Waals surface area contributed by atoms with Crippen LogP contribution in [0, 0.1) is 0 Å². The van der Waals surface area contributed by atoms with Crippen LogP contribution >= 0.6 is 18.1 Å². The molecule has 3 aliphatic rings. The summed E-state index contributed by atoms with van der Waals surface area (Å²) in [5.74, 6) is 4.19. The highest BCUT2D eigenvalue weighted by atomic mass is 32.4. The lowest BCUT2D eigenvalue weighted by Gasteiger charge is -2.29. The van der Waals surface area contributed by atoms with E-state index in [2.05, 4.69) is 135 Å². The van der Waals surface area contributed by atoms with E-state index in [0.29, 0.717) is 74.1 Å². The number of hydrogen-bond donors (Lipinski definition) is 0. The van der Waals surface area contributed by atoms with Crippen LogP contribution in [0.3, 0.4) is 0 Å². The quantitative estimate of drug-likeness (QED) is 0.0217. The SMILES string of the molecule is CCCCCCCCc1ccc(P2(=S)c3c(OCC)c(OCC)c4c5c3c3c2c(OCC)c(OCC)c2c3c3c(c(OCC)c(OCC)c(c53)P4(=S)c3ccc(CCCCCCCC)cc3)P2(=S)c2ccc(CCCCCCCC)cc2)cc1. The van der Waals surface area contributed by atoms with E-state index in [1.54, 1.807) is 0 Å². The molecule has 0 aliphatic carbocycles. The highest BCUT2D eigenvalue weighted by Gasteiger charge is 2.56. The minimum Gasteiger partial charge on any atom is -0.489 e. The van der Waals surface area contributed by atoms with Gasteiger partial charge in [-0.1, -0.05) is 225 Å². The first-order valence-electron chi connectivity index (χ1n) is 32.7. The van der Waals surface area contributed by atoms with E-state index in [1.807, 2.05) is 0 Å². The van der Waals surface area contributed by atoms with Crippen molar-refractivity contribution in [3.8, 4) is 34.5 Å². The van der Waals surface area contributed by atoms with E-state index in [4.69, 9.17) is 63.8 Å². The molecular formula is C72H93O6P3S3. The summed E-state index contributed by atoms with van der Waals surface area (Å²) in [5, 5.41) is 15.9. The molecule has 3 aliphatic heterocycles. The van der Waals surface area contributed by atoms with Gasteiger partial charge in [0.05, 0.1) is 39.6 Å². The normalized spacial score (nSPS) is 18.0. The van der Waals surface area contributed by atoms with Gasteiger partial charge in [0.1, 0.15) is 0 Å². The molecule has 0 N–H and O–H groups in total. The molecule has 84 heavy (non-hydrogen) atoms. The zero-order valence-electron chi connectivity index (χ0n) is 52.0. The van der Waals surface area contributed by atoms with Gasteiger partial charge in [0.25, 0.3) is 0 Å². The van der Waals surface area contributed by atoms with E-state index in [0.717, 1.165) is 119 Å². The van der Waals surface area contributed by atoms with Crippen molar-refractivity contribution >= 4 is 134 Å². The van der Waals surface area contributed by atoms with Gasteiger partial charge < -0.3 is 28.4 Å². The first kappa shape index (κ1) is 63.1. The van der Waals surface area contributed by atoms with Crippen molar-refractivity contribution in [2.45, 2.75) is 197 Å². The maximum Gasteiger partial charge on any atom is 0.171 e. The molecule has 0 amide bonds. The lowest BCUT2D eigenvalue weighted by Crippen LogP contribution is -2.28. The van der Waals surface area contributed by atoms with Crippen molar-refractivity contribution in [3.05, 3.63) is 89.5 Å². The van der Waals surface area contributed by atoms with Crippen molar-refractivity contribution in [1.82, 2.24) is 0 Å². The Morgan fingerprint density at radius 2 is 0.429 bits per heavy atom. The van der Waals surface area contributed by atoms with Crippen LogP contribution in [-0.4, -0.2) is 39.6 Å². The Morgan fingerprint density at radius 1 is 0.250 bits per heavy atom. The van der Waals surface area contributed by atoms with Gasteiger partial charge in [-0.3, -0.25) is 0 Å². The second kappa shape index (κ2) is 28.1. The van der Waals surface area contributed by atoms with Gasteiger partial charge in [0.15, 0.2) is 34.5 Å². The molecule has 3 heterocycles. The summed E-state index contributed by atoms with van der Waals surface area (Å²) in [4.78, 5) is 0. The van der Waals surface area contributed by atoms with E-state index < -0.39 is 18.1 Å². The number of ether oxygens (including phenoxy) is 6. The summed E-state index contributed by atoms with van der Waals surface area (Å²) in [5.41, 5.74) is 3.98. The number of hydrogen-bond acceptors (Lipinski definition) is 9. The average Bonchev–Trinajstić information content (AvgIpc) is 1.46. The molecule has 0 fully saturated rings. The molecule has 10 rings (SSSR count). The summed E-state index contributed by atoms with van der Waals surface area (Å²) in [6.07, 6.45) is 25.7. The summed E-state index contributed by atoms with van der Waals surface area (Å²) >= 11 is 23.3. The number of aryl methyl sites for hydroxylation is 3. The molecule has 7 aromatic rings. The summed E-state index contributed by atoms with van der Waals surface area (Å²) in [6.45, 7) is 21.7. The molecule has 0 spiro atoms. The Balaban J connectivity index is 1.33. The van der Waals surface area contributed by atoms with E-state index in [-0.39, 0.29) is 0 Å². The van der Waals surface area contributed by atoms with Crippen molar-refractivity contribution in [3.63, 3.8) is 0 Å². The predicted molar refractivity (Wildman–Crippen MR) is 376 cm³/mol. The predicted octanol–water partition coefficient (Wildman–Crippen LogP) is 16.5. The van der Waals surface area contributed by atoms with Gasteiger partial charge in [-0.2, -0.15) is 0 Å². The largest absolute Gasteiger partial charge is 0.489 e. The van der Waals surface area contributed by atoms with Crippen molar-refractivity contribution in [1.29, 1.82) is 0 Å². The molecule has 0 saturated carbocycles. The van der Waals surface area contributed by atoms with Crippen LogP contribution < -0.4 is 76.2 Å². The van der Waals surface area contributed by atoms with Crippen LogP contribution in [0.25, 0.3) is 32.3 Å². The number of rotatable bonds is 36. The van der Waals surface area contributed by atoms with E-state index >= 15 is 0 Å². The molecule has 0 bridgehead atoms. The van der Waals surface area contributed by atoms with E-state index in [9.17, 15) is 0 Å². The standard InChI is InChI=1S/C72H93O6P3S3/c1-10-19-22-25-28-31-34-49-37-43-52(44-38-49)79(82)67-55-56-58-60-59-57(55)69(63(75-15-6)61(67)73-13-4)80(83,53-45-39-50(40-46-53)35-32-29-26-23-20-11-2)71(59)65(77-17-8)66(78-18-9)72(60)81(84,70(58)64(76-16-7)62(68(56)79)74-14-5)54-47-41-51(42-48-54)36-33-30-27-24-21-12-3/h37-48H,10-36H2,1-9H3. The molecule has 6 nitrogen and oxygen atoms in total. The third-order valence-electron chi connectivity index (χ3n) is 17.8. The van der Waals surface area contributed by atoms with Gasteiger partial charge >= 0.3 is 0 Å². The highest BCUT2D eigenvalue weighted by Crippen LogP contribution is 2.71. The van der Waals surface area contributed by atoms with Crippen LogP contribution in [-0.2, 0) is 54.7 Å². The Kier molecular flexibility index (Phi) is 21.1. The van der Waals surface area contributed by atoms with Gasteiger partial charge in [-0.25, -0.2) is 0 Å². The molecule has 0 aromatic heterocycles. The summed E-state index contributed by atoms with van der Waals surface area (Å²) in [7, 11) is 0. The second-order valence-electron chi connectivity index (χ2n) is 23.3. The molecule has 0 radical (unpaired) electrons. The minimum atomic E-state index is -3.15. The van der Waals surface area contributed by atoms with Crippen LogP contribution in [0.4, 0.5) is 0 Å². The first-order chi connectivity index (χ1) is 41.0. The fourth-order valence-corrected chi connectivity index (χ4v) is 28.1. The molecule has 0 atom stereocenters. The molecule has 450 valence electrons. The maximum absolute atomic E-state index is 7.75. The highest BCUT2D eigenvalue weighted by molar-refractivity contribution is 8.28. The first-order valence-corrected chi connectivity index (χ1v) is 41.1. The zero-order valence-corrected chi connectivity index (χ0v) is 57.2. The smallest absolute Gasteiger partial charge is 0.171 e. The second-order valence-corrected chi connectivity index (χ2v) is 36.1. The molecule has 0 saturated heterocycles. The summed E-state index contributed by atoms with van der Waals surface area (Å²) in [6, 6.07) is 18.5. The Labute approximate surface area is 519 Å². The molecule has 12 heteroatoms. The number of unbranched alkanes of at least 4 members (excludes halogenated alkanes) is 15. The van der Waals surface area contributed by atoms with Gasteiger partial charge in [0, 0.05) is 82.3 Å². The zero-order chi connectivity index (χ0) is 59.2. The van der Waals surface area contributed by atoms with Crippen LogP contribution in [0.2, 0.25) is 0 Å². The lowest BCUT2D eigenvalue weighted by atomic mass is 9.93. The molecule has 7 aromatic carbocycles. The maximum atomic E-state index is 7.75. The number of benzene rings is 7.